The molecule has 0 aliphatic carbocycles. The standard InChI is InChI=1S/C20H25ClN4O3S.HI/c1-25(9-3-11-28-2)10-8-15-16(12-25)29-19(17(15)18(22)26)24-20(27)23-14-6-4-13(21)5-7-14;/h4-7H,3,8-12H2,1-2H3,(H3-,22,23,24,26,27);1H. The first kappa shape index (κ1) is 24.9. The lowest BCUT2D eigenvalue weighted by molar-refractivity contribution is -0.924. The Kier molecular flexibility index (Phi) is 8.92. The molecule has 4 N–H and O–H groups in total. The molecule has 0 spiro atoms. The summed E-state index contributed by atoms with van der Waals surface area (Å²) < 4.78 is 6.05. The highest BCUT2D eigenvalue weighted by molar-refractivity contribution is 7.17. The maximum atomic E-state index is 12.4. The molecule has 0 fully saturated rings. The zero-order valence-electron chi connectivity index (χ0n) is 17.0. The first-order valence-corrected chi connectivity index (χ1v) is 10.6. The van der Waals surface area contributed by atoms with Gasteiger partial charge in [0.25, 0.3) is 5.91 Å². The second kappa shape index (κ2) is 10.8. The molecule has 1 aromatic heterocycles. The Morgan fingerprint density at radius 3 is 2.60 bits per heavy atom. The summed E-state index contributed by atoms with van der Waals surface area (Å²) in [4.78, 5) is 25.7. The van der Waals surface area contributed by atoms with Crippen molar-refractivity contribution in [3.8, 4) is 0 Å². The molecule has 0 saturated heterocycles. The number of primary amides is 1. The van der Waals surface area contributed by atoms with Crippen molar-refractivity contribution >= 4 is 45.6 Å². The van der Waals surface area contributed by atoms with Crippen molar-refractivity contribution in [2.75, 3.05) is 44.5 Å². The van der Waals surface area contributed by atoms with Gasteiger partial charge < -0.3 is 44.2 Å². The molecule has 7 nitrogen and oxygen atoms in total. The van der Waals surface area contributed by atoms with Gasteiger partial charge in [-0.2, -0.15) is 0 Å². The molecule has 3 amide bonds. The number of nitrogens with one attached hydrogen (secondary N) is 2. The van der Waals surface area contributed by atoms with E-state index in [9.17, 15) is 9.59 Å². The van der Waals surface area contributed by atoms with Crippen LogP contribution in [0.5, 0.6) is 0 Å². The molecule has 2 heterocycles. The zero-order valence-corrected chi connectivity index (χ0v) is 20.7. The minimum atomic E-state index is -0.514. The van der Waals surface area contributed by atoms with Crippen LogP contribution in [0.1, 0.15) is 27.2 Å². The van der Waals surface area contributed by atoms with Crippen molar-refractivity contribution < 1.29 is 42.8 Å². The molecule has 1 aliphatic heterocycles. The number of halogens is 2. The van der Waals surface area contributed by atoms with E-state index in [2.05, 4.69) is 17.7 Å². The van der Waals surface area contributed by atoms with Crippen molar-refractivity contribution in [2.45, 2.75) is 19.4 Å². The van der Waals surface area contributed by atoms with E-state index < -0.39 is 11.9 Å². The summed E-state index contributed by atoms with van der Waals surface area (Å²) in [5.74, 6) is -0.514. The van der Waals surface area contributed by atoms with E-state index in [0.29, 0.717) is 21.3 Å². The number of rotatable bonds is 7. The largest absolute Gasteiger partial charge is 1.00 e. The highest BCUT2D eigenvalue weighted by Crippen LogP contribution is 2.38. The summed E-state index contributed by atoms with van der Waals surface area (Å²) in [5, 5.41) is 6.63. The number of nitrogens with zero attached hydrogens (tertiary/aromatic N) is 1. The van der Waals surface area contributed by atoms with Gasteiger partial charge in [-0.3, -0.25) is 10.1 Å². The predicted molar refractivity (Wildman–Crippen MR) is 117 cm³/mol. The van der Waals surface area contributed by atoms with E-state index in [1.807, 2.05) is 0 Å². The van der Waals surface area contributed by atoms with Crippen LogP contribution in [0.2, 0.25) is 5.02 Å². The van der Waals surface area contributed by atoms with Crippen LogP contribution in [0.3, 0.4) is 0 Å². The number of carbonyl (C=O) groups excluding carboxylic acids is 2. The van der Waals surface area contributed by atoms with Crippen LogP contribution >= 0.6 is 22.9 Å². The Bertz CT molecular complexity index is 906. The van der Waals surface area contributed by atoms with Crippen LogP contribution in [-0.2, 0) is 17.7 Å². The third-order valence-corrected chi connectivity index (χ3v) is 6.52. The molecule has 1 aromatic carbocycles. The average Bonchev–Trinajstić information content (AvgIpc) is 3.00. The Balaban J connectivity index is 0.00000320. The van der Waals surface area contributed by atoms with Gasteiger partial charge in [0.1, 0.15) is 11.5 Å². The first-order valence-electron chi connectivity index (χ1n) is 9.42. The minimum absolute atomic E-state index is 0. The summed E-state index contributed by atoms with van der Waals surface area (Å²) in [6.45, 7) is 3.46. The molecule has 3 rings (SSSR count). The summed E-state index contributed by atoms with van der Waals surface area (Å²) in [6.07, 6.45) is 1.74. The second-order valence-corrected chi connectivity index (χ2v) is 9.02. The molecular weight excluding hydrogens is 539 g/mol. The number of fused-ring (bicyclic) bond motifs is 1. The van der Waals surface area contributed by atoms with Crippen LogP contribution in [0, 0.1) is 0 Å². The third-order valence-electron chi connectivity index (χ3n) is 5.14. The van der Waals surface area contributed by atoms with Crippen molar-refractivity contribution in [3.05, 3.63) is 45.3 Å². The number of benzene rings is 1. The van der Waals surface area contributed by atoms with Gasteiger partial charge in [-0.15, -0.1) is 11.3 Å². The van der Waals surface area contributed by atoms with Gasteiger partial charge in [0.15, 0.2) is 0 Å². The number of urea groups is 1. The van der Waals surface area contributed by atoms with Crippen molar-refractivity contribution in [3.63, 3.8) is 0 Å². The van der Waals surface area contributed by atoms with Crippen LogP contribution in [0.4, 0.5) is 15.5 Å². The normalized spacial score (nSPS) is 17.6. The van der Waals surface area contributed by atoms with Gasteiger partial charge in [-0.05, 0) is 29.8 Å². The molecular formula is C20H26ClIN4O3S. The quantitative estimate of drug-likeness (QED) is 0.263. The first-order chi connectivity index (χ1) is 13.8. The number of hydrogen-bond acceptors (Lipinski definition) is 4. The van der Waals surface area contributed by atoms with Gasteiger partial charge in [0.2, 0.25) is 0 Å². The topological polar surface area (TPSA) is 93.4 Å². The molecule has 0 bridgehead atoms. The molecule has 30 heavy (non-hydrogen) atoms. The number of carbonyl (C=O) groups is 2. The van der Waals surface area contributed by atoms with Gasteiger partial charge in [-0.25, -0.2) is 4.79 Å². The monoisotopic (exact) mass is 564 g/mol. The van der Waals surface area contributed by atoms with Crippen molar-refractivity contribution in [1.29, 1.82) is 0 Å². The number of hydrogen-bond donors (Lipinski definition) is 3. The lowest BCUT2D eigenvalue weighted by Crippen LogP contribution is -3.00. The van der Waals surface area contributed by atoms with E-state index in [1.54, 1.807) is 31.4 Å². The minimum Gasteiger partial charge on any atom is -1.00 e. The fraction of sp³-hybridized carbons (Fsp3) is 0.400. The molecule has 1 atom stereocenters. The van der Waals surface area contributed by atoms with E-state index in [0.717, 1.165) is 54.0 Å². The number of likely N-dealkylation sites (N-methyl/N-ethyl adjacent to an activating group) is 1. The predicted octanol–water partition coefficient (Wildman–Crippen LogP) is 0.688. The van der Waals surface area contributed by atoms with E-state index in [-0.39, 0.29) is 24.0 Å². The van der Waals surface area contributed by atoms with Gasteiger partial charge in [0, 0.05) is 30.7 Å². The van der Waals surface area contributed by atoms with Crippen LogP contribution < -0.4 is 40.3 Å². The van der Waals surface area contributed by atoms with Crippen LogP contribution in [0.15, 0.2) is 24.3 Å². The van der Waals surface area contributed by atoms with E-state index in [4.69, 9.17) is 22.1 Å². The summed E-state index contributed by atoms with van der Waals surface area (Å²) >= 11 is 7.30. The Hall–Kier alpha value is -1.40. The Morgan fingerprint density at radius 2 is 1.97 bits per heavy atom. The maximum Gasteiger partial charge on any atom is 0.324 e. The number of nitrogens with two attached hydrogens (primary N) is 1. The van der Waals surface area contributed by atoms with Gasteiger partial charge >= 0.3 is 6.03 Å². The van der Waals surface area contributed by atoms with Crippen molar-refractivity contribution in [1.82, 2.24) is 0 Å². The lowest BCUT2D eigenvalue weighted by atomic mass is 10.0. The number of quaternary nitrogens is 1. The number of amides is 3. The lowest BCUT2D eigenvalue weighted by Gasteiger charge is -2.37. The molecule has 1 unspecified atom stereocenters. The average molecular weight is 565 g/mol. The summed E-state index contributed by atoms with van der Waals surface area (Å²) in [6, 6.07) is 6.38. The molecule has 10 heteroatoms. The van der Waals surface area contributed by atoms with Crippen molar-refractivity contribution in [2.24, 2.45) is 5.73 Å². The second-order valence-electron chi connectivity index (χ2n) is 7.48. The maximum absolute atomic E-state index is 12.4. The molecule has 0 radical (unpaired) electrons. The molecule has 0 saturated carbocycles. The fourth-order valence-corrected chi connectivity index (χ4v) is 5.19. The summed E-state index contributed by atoms with van der Waals surface area (Å²) in [7, 11) is 3.92. The highest BCUT2D eigenvalue weighted by Gasteiger charge is 2.34. The zero-order chi connectivity index (χ0) is 21.0. The van der Waals surface area contributed by atoms with Gasteiger partial charge in [0.05, 0.1) is 37.2 Å². The van der Waals surface area contributed by atoms with E-state index >= 15 is 0 Å². The number of anilines is 2. The molecule has 2 aromatic rings. The number of thiophene rings is 1. The highest BCUT2D eigenvalue weighted by atomic mass is 127. The number of methoxy groups -OCH3 is 1. The fourth-order valence-electron chi connectivity index (χ4n) is 3.64. The third kappa shape index (κ3) is 6.07. The van der Waals surface area contributed by atoms with Gasteiger partial charge in [-0.1, -0.05) is 11.6 Å². The van der Waals surface area contributed by atoms with Crippen LogP contribution in [-0.4, -0.2) is 50.3 Å². The Labute approximate surface area is 202 Å². The smallest absolute Gasteiger partial charge is 0.324 e. The van der Waals surface area contributed by atoms with Crippen LogP contribution in [0.25, 0.3) is 0 Å². The summed E-state index contributed by atoms with van der Waals surface area (Å²) in [5.41, 5.74) is 7.66. The number of ether oxygens (including phenoxy) is 1. The molecule has 164 valence electrons. The van der Waals surface area contributed by atoms with E-state index in [1.165, 1.54) is 11.3 Å². The SMILES string of the molecule is COCCC[N+]1(C)CCc2c(sc(NC(=O)Nc3ccc(Cl)cc3)c2C(N)=O)C1.[I-]. The Morgan fingerprint density at radius 1 is 1.27 bits per heavy atom. The molecule has 1 aliphatic rings.